The minimum absolute atomic E-state index is 0.0582. The van der Waals surface area contributed by atoms with Gasteiger partial charge in [-0.15, -0.1) is 0 Å². The van der Waals surface area contributed by atoms with E-state index in [4.69, 9.17) is 0 Å². The largest absolute Gasteiger partial charge is 0.394 e. The maximum absolute atomic E-state index is 12.5. The van der Waals surface area contributed by atoms with Crippen LogP contribution in [0.25, 0.3) is 10.8 Å². The Bertz CT molecular complexity index is 657. The fourth-order valence-electron chi connectivity index (χ4n) is 2.76. The first kappa shape index (κ1) is 17.6. The molecule has 0 spiro atoms. The Hall–Kier alpha value is -1.75. The van der Waals surface area contributed by atoms with Gasteiger partial charge in [-0.05, 0) is 16.7 Å². The van der Waals surface area contributed by atoms with Crippen molar-refractivity contribution < 1.29 is 15.0 Å². The topological polar surface area (TPSA) is 69.6 Å². The first-order chi connectivity index (χ1) is 11.0. The summed E-state index contributed by atoms with van der Waals surface area (Å²) in [5, 5.41) is 24.3. The number of carbonyl (C=O) groups is 1. The summed E-state index contributed by atoms with van der Waals surface area (Å²) in [4.78, 5) is 12.5. The highest BCUT2D eigenvalue weighted by atomic mass is 16.3. The fourth-order valence-corrected chi connectivity index (χ4v) is 2.76. The quantitative estimate of drug-likeness (QED) is 0.654. The summed E-state index contributed by atoms with van der Waals surface area (Å²) in [6, 6.07) is 13.6. The van der Waals surface area contributed by atoms with E-state index in [9.17, 15) is 15.0 Å². The van der Waals surface area contributed by atoms with Crippen LogP contribution in [0.4, 0.5) is 0 Å². The van der Waals surface area contributed by atoms with Crippen LogP contribution >= 0.6 is 0 Å². The number of aliphatic hydroxyl groups is 2. The number of carbonyl (C=O) groups excluding carboxylic acids is 1. The second-order valence-corrected chi connectivity index (χ2v) is 6.25. The van der Waals surface area contributed by atoms with E-state index >= 15 is 0 Å². The van der Waals surface area contributed by atoms with Gasteiger partial charge < -0.3 is 15.5 Å². The third kappa shape index (κ3) is 3.78. The van der Waals surface area contributed by atoms with Crippen molar-refractivity contribution in [2.75, 3.05) is 19.8 Å². The molecule has 2 aromatic carbocycles. The van der Waals surface area contributed by atoms with E-state index < -0.39 is 5.54 Å². The zero-order valence-corrected chi connectivity index (χ0v) is 13.7. The average molecular weight is 315 g/mol. The molecule has 4 heteroatoms. The average Bonchev–Trinajstić information content (AvgIpc) is 2.58. The van der Waals surface area contributed by atoms with E-state index in [1.54, 1.807) is 0 Å². The number of Topliss-reactive ketones (excluding diaryl/α,β-unsaturated/α-hetero) is 1. The summed E-state index contributed by atoms with van der Waals surface area (Å²) < 4.78 is 0. The number of hydrogen-bond donors (Lipinski definition) is 3. The van der Waals surface area contributed by atoms with Gasteiger partial charge in [-0.1, -0.05) is 56.3 Å². The molecule has 0 aliphatic heterocycles. The lowest BCUT2D eigenvalue weighted by atomic mass is 9.87. The predicted molar refractivity (Wildman–Crippen MR) is 92.6 cm³/mol. The molecule has 0 saturated heterocycles. The fraction of sp³-hybridized carbons (Fsp3) is 0.421. The predicted octanol–water partition coefficient (Wildman–Crippen LogP) is 2.38. The van der Waals surface area contributed by atoms with E-state index in [1.807, 2.05) is 56.3 Å². The Labute approximate surface area is 137 Å². The standard InChI is InChI=1S/C19H25NO3/c1-14(2)19(12-21,13-22)20-11-10-18(23)17-9-5-7-15-6-3-4-8-16(15)17/h3-9,14,20-22H,10-13H2,1-2H3. The lowest BCUT2D eigenvalue weighted by molar-refractivity contribution is 0.0557. The third-order valence-electron chi connectivity index (χ3n) is 4.59. The molecular weight excluding hydrogens is 290 g/mol. The van der Waals surface area contributed by atoms with Gasteiger partial charge in [0.25, 0.3) is 0 Å². The first-order valence-electron chi connectivity index (χ1n) is 8.02. The zero-order chi connectivity index (χ0) is 16.9. The highest BCUT2D eigenvalue weighted by Crippen LogP contribution is 2.20. The van der Waals surface area contributed by atoms with Gasteiger partial charge in [0, 0.05) is 18.5 Å². The molecule has 0 aliphatic rings. The molecule has 23 heavy (non-hydrogen) atoms. The molecule has 4 nitrogen and oxygen atoms in total. The van der Waals surface area contributed by atoms with Gasteiger partial charge in [0.05, 0.1) is 18.8 Å². The molecule has 0 radical (unpaired) electrons. The number of aliphatic hydroxyl groups excluding tert-OH is 2. The Morgan fingerprint density at radius 2 is 1.74 bits per heavy atom. The highest BCUT2D eigenvalue weighted by Gasteiger charge is 2.31. The Morgan fingerprint density at radius 3 is 2.39 bits per heavy atom. The van der Waals surface area contributed by atoms with E-state index in [0.717, 1.165) is 10.8 Å². The van der Waals surface area contributed by atoms with Crippen LogP contribution in [0.5, 0.6) is 0 Å². The van der Waals surface area contributed by atoms with Gasteiger partial charge in [-0.3, -0.25) is 4.79 Å². The second kappa shape index (κ2) is 7.68. The lowest BCUT2D eigenvalue weighted by Gasteiger charge is -2.35. The molecule has 124 valence electrons. The SMILES string of the molecule is CC(C)C(CO)(CO)NCCC(=O)c1cccc2ccccc12. The number of nitrogens with one attached hydrogen (secondary N) is 1. The van der Waals surface area contributed by atoms with Gasteiger partial charge in [0.1, 0.15) is 0 Å². The van der Waals surface area contributed by atoms with E-state index in [2.05, 4.69) is 5.32 Å². The van der Waals surface area contributed by atoms with Crippen LogP contribution < -0.4 is 5.32 Å². The molecule has 2 rings (SSSR count). The molecule has 2 aromatic rings. The van der Waals surface area contributed by atoms with Crippen molar-refractivity contribution in [3.05, 3.63) is 48.0 Å². The van der Waals surface area contributed by atoms with Crippen molar-refractivity contribution >= 4 is 16.6 Å². The van der Waals surface area contributed by atoms with Gasteiger partial charge in [0.2, 0.25) is 0 Å². The molecule has 0 bridgehead atoms. The number of ketones is 1. The van der Waals surface area contributed by atoms with Gasteiger partial charge in [-0.25, -0.2) is 0 Å². The van der Waals surface area contributed by atoms with Crippen LogP contribution in [0.1, 0.15) is 30.6 Å². The normalized spacial score (nSPS) is 12.0. The van der Waals surface area contributed by atoms with Crippen LogP contribution in [-0.4, -0.2) is 41.3 Å². The minimum atomic E-state index is -0.751. The van der Waals surface area contributed by atoms with Crippen LogP contribution in [0.3, 0.4) is 0 Å². The maximum atomic E-state index is 12.5. The Morgan fingerprint density at radius 1 is 1.09 bits per heavy atom. The van der Waals surface area contributed by atoms with Crippen molar-refractivity contribution in [2.45, 2.75) is 25.8 Å². The van der Waals surface area contributed by atoms with E-state index in [0.29, 0.717) is 18.5 Å². The van der Waals surface area contributed by atoms with Crippen molar-refractivity contribution in [1.82, 2.24) is 5.32 Å². The van der Waals surface area contributed by atoms with Crippen molar-refractivity contribution in [3.63, 3.8) is 0 Å². The summed E-state index contributed by atoms with van der Waals surface area (Å²) in [6.45, 7) is 3.96. The van der Waals surface area contributed by atoms with Crippen LogP contribution in [0, 0.1) is 5.92 Å². The van der Waals surface area contributed by atoms with Gasteiger partial charge in [-0.2, -0.15) is 0 Å². The number of hydrogen-bond acceptors (Lipinski definition) is 4. The second-order valence-electron chi connectivity index (χ2n) is 6.25. The minimum Gasteiger partial charge on any atom is -0.394 e. The number of rotatable bonds is 8. The molecule has 0 heterocycles. The lowest BCUT2D eigenvalue weighted by Crippen LogP contribution is -2.56. The maximum Gasteiger partial charge on any atom is 0.164 e. The zero-order valence-electron chi connectivity index (χ0n) is 13.7. The summed E-state index contributed by atoms with van der Waals surface area (Å²) >= 11 is 0. The molecule has 0 aromatic heterocycles. The third-order valence-corrected chi connectivity index (χ3v) is 4.59. The molecule has 0 fully saturated rings. The molecule has 0 saturated carbocycles. The van der Waals surface area contributed by atoms with Crippen molar-refractivity contribution in [2.24, 2.45) is 5.92 Å². The Balaban J connectivity index is 2.07. The molecule has 0 amide bonds. The van der Waals surface area contributed by atoms with E-state index in [-0.39, 0.29) is 24.9 Å². The van der Waals surface area contributed by atoms with Crippen LogP contribution in [-0.2, 0) is 0 Å². The number of benzene rings is 2. The molecule has 0 aliphatic carbocycles. The molecule has 3 N–H and O–H groups in total. The smallest absolute Gasteiger partial charge is 0.164 e. The summed E-state index contributed by atoms with van der Waals surface area (Å²) in [6.07, 6.45) is 0.322. The van der Waals surface area contributed by atoms with Gasteiger partial charge >= 0.3 is 0 Å². The highest BCUT2D eigenvalue weighted by molar-refractivity contribution is 6.08. The van der Waals surface area contributed by atoms with Crippen LogP contribution in [0.15, 0.2) is 42.5 Å². The summed E-state index contributed by atoms with van der Waals surface area (Å²) in [5.41, 5.74) is -0.0352. The summed E-state index contributed by atoms with van der Waals surface area (Å²) in [7, 11) is 0. The molecule has 0 unspecified atom stereocenters. The van der Waals surface area contributed by atoms with E-state index in [1.165, 1.54) is 0 Å². The van der Waals surface area contributed by atoms with Gasteiger partial charge in [0.15, 0.2) is 5.78 Å². The molecular formula is C19H25NO3. The Kier molecular flexibility index (Phi) is 5.88. The van der Waals surface area contributed by atoms with Crippen molar-refractivity contribution in [1.29, 1.82) is 0 Å². The number of fused-ring (bicyclic) bond motifs is 1. The van der Waals surface area contributed by atoms with Crippen molar-refractivity contribution in [3.8, 4) is 0 Å². The monoisotopic (exact) mass is 315 g/mol. The summed E-state index contributed by atoms with van der Waals surface area (Å²) in [5.74, 6) is 0.119. The molecule has 0 atom stereocenters. The van der Waals surface area contributed by atoms with Crippen LogP contribution in [0.2, 0.25) is 0 Å². The first-order valence-corrected chi connectivity index (χ1v) is 8.02.